The van der Waals surface area contributed by atoms with Crippen molar-refractivity contribution in [3.05, 3.63) is 11.6 Å². The molecule has 0 aromatic carbocycles. The van der Waals surface area contributed by atoms with E-state index in [9.17, 15) is 4.79 Å². The highest BCUT2D eigenvalue weighted by Crippen LogP contribution is 2.17. The molecule has 0 atom stereocenters. The monoisotopic (exact) mass is 226 g/mol. The van der Waals surface area contributed by atoms with Gasteiger partial charge in [0.2, 0.25) is 5.82 Å². The van der Waals surface area contributed by atoms with Crippen molar-refractivity contribution in [1.29, 1.82) is 0 Å². The fraction of sp³-hybridized carbons (Fsp3) is 0.700. The van der Waals surface area contributed by atoms with E-state index in [1.54, 1.807) is 0 Å². The zero-order chi connectivity index (χ0) is 12.2. The molecule has 0 saturated heterocycles. The average molecular weight is 226 g/mol. The van der Waals surface area contributed by atoms with Gasteiger partial charge in [0.1, 0.15) is 5.82 Å². The summed E-state index contributed by atoms with van der Waals surface area (Å²) in [6.45, 7) is 6.44. The maximum atomic E-state index is 11.5. The van der Waals surface area contributed by atoms with E-state index in [0.29, 0.717) is 18.8 Å². The second-order valence-electron chi connectivity index (χ2n) is 4.59. The summed E-state index contributed by atoms with van der Waals surface area (Å²) in [4.78, 5) is 15.6. The highest BCUT2D eigenvalue weighted by Gasteiger charge is 2.20. The van der Waals surface area contributed by atoms with Gasteiger partial charge in [0.15, 0.2) is 0 Å². The molecule has 1 amide bonds. The summed E-state index contributed by atoms with van der Waals surface area (Å²) < 4.78 is 0. The molecule has 1 heterocycles. The van der Waals surface area contributed by atoms with Crippen molar-refractivity contribution >= 4 is 5.91 Å². The van der Waals surface area contributed by atoms with Gasteiger partial charge in [-0.05, 0) is 6.42 Å². The molecule has 0 radical (unpaired) electrons. The third-order valence-electron chi connectivity index (χ3n) is 2.02. The Kier molecular flexibility index (Phi) is 4.00. The van der Waals surface area contributed by atoms with Gasteiger partial charge in [0.25, 0.3) is 5.91 Å². The van der Waals surface area contributed by atoms with E-state index in [4.69, 9.17) is 5.11 Å². The molecule has 90 valence electrons. The normalized spacial score (nSPS) is 11.5. The first-order chi connectivity index (χ1) is 7.45. The number of amides is 1. The van der Waals surface area contributed by atoms with Gasteiger partial charge in [-0.3, -0.25) is 9.89 Å². The molecule has 0 aliphatic carbocycles. The highest BCUT2D eigenvalue weighted by molar-refractivity contribution is 5.90. The summed E-state index contributed by atoms with van der Waals surface area (Å²) in [5.74, 6) is 0.503. The van der Waals surface area contributed by atoms with E-state index in [0.717, 1.165) is 0 Å². The largest absolute Gasteiger partial charge is 0.396 e. The molecule has 1 aromatic heterocycles. The van der Waals surface area contributed by atoms with Crippen LogP contribution < -0.4 is 5.32 Å². The molecule has 3 N–H and O–H groups in total. The van der Waals surface area contributed by atoms with Crippen molar-refractivity contribution in [2.45, 2.75) is 32.6 Å². The van der Waals surface area contributed by atoms with Crippen molar-refractivity contribution in [3.63, 3.8) is 0 Å². The molecular weight excluding hydrogens is 208 g/mol. The van der Waals surface area contributed by atoms with E-state index in [1.165, 1.54) is 0 Å². The van der Waals surface area contributed by atoms with Crippen LogP contribution in [0.2, 0.25) is 0 Å². The first kappa shape index (κ1) is 12.6. The number of H-pyrrole nitrogens is 1. The van der Waals surface area contributed by atoms with Gasteiger partial charge >= 0.3 is 0 Å². The van der Waals surface area contributed by atoms with Crippen LogP contribution in [0.4, 0.5) is 0 Å². The number of carbonyl (C=O) groups is 1. The lowest BCUT2D eigenvalue weighted by molar-refractivity contribution is 0.0941. The van der Waals surface area contributed by atoms with Crippen LogP contribution in [0.3, 0.4) is 0 Å². The van der Waals surface area contributed by atoms with E-state index in [-0.39, 0.29) is 23.8 Å². The molecule has 6 heteroatoms. The lowest BCUT2D eigenvalue weighted by Crippen LogP contribution is -2.26. The second kappa shape index (κ2) is 5.07. The Hall–Kier alpha value is -1.43. The standard InChI is InChI=1S/C10H18N4O2/c1-10(2,3)9-12-7(13-14-9)8(16)11-5-4-6-15/h15H,4-6H2,1-3H3,(H,11,16)(H,12,13,14). The molecule has 0 bridgehead atoms. The molecule has 0 fully saturated rings. The fourth-order valence-electron chi connectivity index (χ4n) is 1.06. The molecule has 0 unspecified atom stereocenters. The number of nitrogens with zero attached hydrogens (tertiary/aromatic N) is 2. The Morgan fingerprint density at radius 1 is 1.50 bits per heavy atom. The molecule has 6 nitrogen and oxygen atoms in total. The van der Waals surface area contributed by atoms with Crippen LogP contribution in [0.15, 0.2) is 0 Å². The molecule has 0 aliphatic heterocycles. The predicted molar refractivity (Wildman–Crippen MR) is 59.1 cm³/mol. The van der Waals surface area contributed by atoms with Gasteiger partial charge in [0, 0.05) is 18.6 Å². The maximum absolute atomic E-state index is 11.5. The number of nitrogens with one attached hydrogen (secondary N) is 2. The van der Waals surface area contributed by atoms with Crippen LogP contribution in [0.25, 0.3) is 0 Å². The van der Waals surface area contributed by atoms with Crippen LogP contribution in [0.1, 0.15) is 43.6 Å². The minimum absolute atomic E-state index is 0.0571. The molecule has 0 aliphatic rings. The summed E-state index contributed by atoms with van der Waals surface area (Å²) in [7, 11) is 0. The maximum Gasteiger partial charge on any atom is 0.290 e. The number of hydrogen-bond acceptors (Lipinski definition) is 4. The summed E-state index contributed by atoms with van der Waals surface area (Å²) in [6.07, 6.45) is 0.530. The van der Waals surface area contributed by atoms with Crippen molar-refractivity contribution in [2.24, 2.45) is 0 Å². The lowest BCUT2D eigenvalue weighted by atomic mass is 9.96. The molecule has 1 aromatic rings. The van der Waals surface area contributed by atoms with Crippen LogP contribution in [0.5, 0.6) is 0 Å². The minimum Gasteiger partial charge on any atom is -0.396 e. The van der Waals surface area contributed by atoms with Crippen LogP contribution >= 0.6 is 0 Å². The van der Waals surface area contributed by atoms with Gasteiger partial charge in [-0.1, -0.05) is 20.8 Å². The SMILES string of the molecule is CC(C)(C)c1nc(C(=O)NCCCO)n[nH]1. The van der Waals surface area contributed by atoms with Crippen molar-refractivity contribution < 1.29 is 9.90 Å². The predicted octanol–water partition coefficient (Wildman–Crippen LogP) is 0.214. The third-order valence-corrected chi connectivity index (χ3v) is 2.02. The number of aromatic amines is 1. The van der Waals surface area contributed by atoms with Gasteiger partial charge in [-0.25, -0.2) is 4.98 Å². The van der Waals surface area contributed by atoms with Crippen molar-refractivity contribution in [2.75, 3.05) is 13.2 Å². The first-order valence-corrected chi connectivity index (χ1v) is 5.27. The molecular formula is C10H18N4O2. The molecule has 1 rings (SSSR count). The Bertz CT molecular complexity index is 354. The van der Waals surface area contributed by atoms with Gasteiger partial charge in [-0.2, -0.15) is 0 Å². The number of aromatic nitrogens is 3. The molecule has 0 spiro atoms. The van der Waals surface area contributed by atoms with E-state index >= 15 is 0 Å². The van der Waals surface area contributed by atoms with E-state index in [2.05, 4.69) is 20.5 Å². The van der Waals surface area contributed by atoms with E-state index < -0.39 is 0 Å². The van der Waals surface area contributed by atoms with Crippen LogP contribution in [-0.2, 0) is 5.41 Å². The summed E-state index contributed by atoms with van der Waals surface area (Å²) in [5.41, 5.74) is -0.156. The molecule has 16 heavy (non-hydrogen) atoms. The number of rotatable bonds is 4. The summed E-state index contributed by atoms with van der Waals surface area (Å²) in [5, 5.41) is 17.8. The summed E-state index contributed by atoms with van der Waals surface area (Å²) in [6, 6.07) is 0. The minimum atomic E-state index is -0.319. The molecule has 0 saturated carbocycles. The van der Waals surface area contributed by atoms with Gasteiger partial charge in [0.05, 0.1) is 0 Å². The van der Waals surface area contributed by atoms with Gasteiger partial charge < -0.3 is 10.4 Å². The van der Waals surface area contributed by atoms with Gasteiger partial charge in [-0.15, -0.1) is 5.10 Å². The smallest absolute Gasteiger partial charge is 0.290 e. The Labute approximate surface area is 94.5 Å². The highest BCUT2D eigenvalue weighted by atomic mass is 16.3. The Morgan fingerprint density at radius 2 is 2.19 bits per heavy atom. The topological polar surface area (TPSA) is 90.9 Å². The Balaban J connectivity index is 2.60. The zero-order valence-corrected chi connectivity index (χ0v) is 9.87. The quantitative estimate of drug-likeness (QED) is 0.640. The van der Waals surface area contributed by atoms with E-state index in [1.807, 2.05) is 20.8 Å². The zero-order valence-electron chi connectivity index (χ0n) is 9.87. The number of aliphatic hydroxyl groups is 1. The average Bonchev–Trinajstić information content (AvgIpc) is 2.66. The number of hydrogen-bond donors (Lipinski definition) is 3. The number of carbonyl (C=O) groups excluding carboxylic acids is 1. The lowest BCUT2D eigenvalue weighted by Gasteiger charge is -2.12. The Morgan fingerprint density at radius 3 is 2.69 bits per heavy atom. The number of aliphatic hydroxyl groups excluding tert-OH is 1. The third kappa shape index (κ3) is 3.30. The fourth-order valence-corrected chi connectivity index (χ4v) is 1.06. The second-order valence-corrected chi connectivity index (χ2v) is 4.59. The van der Waals surface area contributed by atoms with Crippen molar-refractivity contribution in [3.8, 4) is 0 Å². The summed E-state index contributed by atoms with van der Waals surface area (Å²) >= 11 is 0. The first-order valence-electron chi connectivity index (χ1n) is 5.27. The van der Waals surface area contributed by atoms with Crippen LogP contribution in [0, 0.1) is 0 Å². The van der Waals surface area contributed by atoms with Crippen molar-refractivity contribution in [1.82, 2.24) is 20.5 Å². The van der Waals surface area contributed by atoms with Crippen LogP contribution in [-0.4, -0.2) is 39.3 Å².